The molecule has 2 saturated heterocycles. The number of hydrogen-bond acceptors (Lipinski definition) is 5. The highest BCUT2D eigenvalue weighted by molar-refractivity contribution is 5.95. The number of morpholine rings is 1. The zero-order chi connectivity index (χ0) is 20.2. The molecular weight excluding hydrogens is 370 g/mol. The van der Waals surface area contributed by atoms with Crippen molar-refractivity contribution in [1.29, 1.82) is 0 Å². The summed E-state index contributed by atoms with van der Waals surface area (Å²) < 4.78 is 10.8. The largest absolute Gasteiger partial charge is 0.456 e. The molecule has 2 aliphatic rings. The van der Waals surface area contributed by atoms with Gasteiger partial charge in [-0.15, -0.1) is 0 Å². The van der Waals surface area contributed by atoms with E-state index in [9.17, 15) is 9.59 Å². The first-order chi connectivity index (χ1) is 14.1. The first-order valence-electron chi connectivity index (χ1n) is 10.2. The molecule has 0 saturated carbocycles. The second-order valence-electron chi connectivity index (χ2n) is 7.60. The first-order valence-corrected chi connectivity index (χ1v) is 10.2. The minimum absolute atomic E-state index is 0.0463. The van der Waals surface area contributed by atoms with Gasteiger partial charge in [-0.3, -0.25) is 9.59 Å². The predicted octanol–water partition coefficient (Wildman–Crippen LogP) is 2.46. The van der Waals surface area contributed by atoms with Crippen molar-refractivity contribution >= 4 is 17.5 Å². The lowest BCUT2D eigenvalue weighted by molar-refractivity contribution is 0.0695. The second-order valence-corrected chi connectivity index (χ2v) is 7.60. The molecule has 0 unspecified atom stereocenters. The molecule has 2 fully saturated rings. The number of hydrogen-bond donors (Lipinski definition) is 1. The molecular formula is C22H27N3O4. The van der Waals surface area contributed by atoms with Crippen LogP contribution in [0.2, 0.25) is 0 Å². The number of benzene rings is 1. The van der Waals surface area contributed by atoms with Gasteiger partial charge in [0.1, 0.15) is 5.76 Å². The van der Waals surface area contributed by atoms with E-state index >= 15 is 0 Å². The first kappa shape index (κ1) is 19.5. The van der Waals surface area contributed by atoms with E-state index in [-0.39, 0.29) is 17.9 Å². The maximum absolute atomic E-state index is 12.8. The highest BCUT2D eigenvalue weighted by atomic mass is 16.5. The van der Waals surface area contributed by atoms with Crippen LogP contribution >= 0.6 is 0 Å². The lowest BCUT2D eigenvalue weighted by Crippen LogP contribution is -2.46. The van der Waals surface area contributed by atoms with Crippen LogP contribution in [-0.2, 0) is 4.74 Å². The second kappa shape index (κ2) is 8.69. The fraction of sp³-hybridized carbons (Fsp3) is 0.455. The molecule has 29 heavy (non-hydrogen) atoms. The van der Waals surface area contributed by atoms with Crippen LogP contribution in [-0.4, -0.2) is 62.1 Å². The van der Waals surface area contributed by atoms with Crippen molar-refractivity contribution in [2.75, 3.05) is 44.3 Å². The van der Waals surface area contributed by atoms with Crippen molar-refractivity contribution < 1.29 is 18.7 Å². The van der Waals surface area contributed by atoms with E-state index in [0.29, 0.717) is 24.4 Å². The van der Waals surface area contributed by atoms with Gasteiger partial charge >= 0.3 is 0 Å². The number of aryl methyl sites for hydroxylation is 1. The maximum atomic E-state index is 12.8. The lowest BCUT2D eigenvalue weighted by Gasteiger charge is -2.32. The number of likely N-dealkylation sites (tertiary alicyclic amines) is 1. The summed E-state index contributed by atoms with van der Waals surface area (Å²) in [5.41, 5.74) is 1.83. The highest BCUT2D eigenvalue weighted by Crippen LogP contribution is 2.19. The van der Waals surface area contributed by atoms with Crippen LogP contribution in [0.1, 0.15) is 39.5 Å². The van der Waals surface area contributed by atoms with E-state index in [0.717, 1.165) is 50.6 Å². The van der Waals surface area contributed by atoms with Crippen molar-refractivity contribution in [3.05, 3.63) is 53.5 Å². The SMILES string of the molecule is Cc1ccc(C(=O)NC2CCN(C(=O)c3ccc(N4CCOCC4)cc3)CC2)o1. The normalized spacial score (nSPS) is 18.0. The number of carbonyl (C=O) groups is 2. The Morgan fingerprint density at radius 2 is 1.66 bits per heavy atom. The number of amides is 2. The topological polar surface area (TPSA) is 75.0 Å². The van der Waals surface area contributed by atoms with Crippen LogP contribution < -0.4 is 10.2 Å². The molecule has 7 heteroatoms. The maximum Gasteiger partial charge on any atom is 0.287 e. The number of carbonyl (C=O) groups excluding carboxylic acids is 2. The number of anilines is 1. The molecule has 0 aliphatic carbocycles. The summed E-state index contributed by atoms with van der Waals surface area (Å²) >= 11 is 0. The molecule has 1 aromatic carbocycles. The molecule has 0 bridgehead atoms. The minimum atomic E-state index is -0.193. The highest BCUT2D eigenvalue weighted by Gasteiger charge is 2.25. The van der Waals surface area contributed by atoms with Crippen LogP contribution in [0.4, 0.5) is 5.69 Å². The zero-order valence-electron chi connectivity index (χ0n) is 16.7. The summed E-state index contributed by atoms with van der Waals surface area (Å²) in [6.07, 6.45) is 1.48. The molecule has 2 aliphatic heterocycles. The van der Waals surface area contributed by atoms with Gasteiger partial charge in [-0.05, 0) is 56.2 Å². The van der Waals surface area contributed by atoms with Crippen molar-refractivity contribution in [2.45, 2.75) is 25.8 Å². The van der Waals surface area contributed by atoms with Crippen molar-refractivity contribution in [2.24, 2.45) is 0 Å². The molecule has 0 atom stereocenters. The third-order valence-electron chi connectivity index (χ3n) is 5.57. The molecule has 7 nitrogen and oxygen atoms in total. The van der Waals surface area contributed by atoms with E-state index in [1.165, 1.54) is 0 Å². The Balaban J connectivity index is 1.29. The van der Waals surface area contributed by atoms with Gasteiger partial charge in [0.25, 0.3) is 11.8 Å². The molecule has 1 aromatic heterocycles. The fourth-order valence-corrected chi connectivity index (χ4v) is 3.86. The third-order valence-corrected chi connectivity index (χ3v) is 5.57. The lowest BCUT2D eigenvalue weighted by atomic mass is 10.0. The molecule has 154 valence electrons. The summed E-state index contributed by atoms with van der Waals surface area (Å²) in [7, 11) is 0. The van der Waals surface area contributed by atoms with E-state index in [1.54, 1.807) is 12.1 Å². The average molecular weight is 397 g/mol. The van der Waals surface area contributed by atoms with Crippen LogP contribution in [0.5, 0.6) is 0 Å². The standard InChI is InChI=1S/C22H27N3O4/c1-16-2-7-20(29-16)21(26)23-18-8-10-25(11-9-18)22(27)17-3-5-19(6-4-17)24-12-14-28-15-13-24/h2-7,18H,8-15H2,1H3,(H,23,26). The third kappa shape index (κ3) is 4.62. The summed E-state index contributed by atoms with van der Waals surface area (Å²) in [6, 6.07) is 11.3. The molecule has 0 radical (unpaired) electrons. The van der Waals surface area contributed by atoms with Gasteiger partial charge in [-0.25, -0.2) is 0 Å². The Hall–Kier alpha value is -2.80. The van der Waals surface area contributed by atoms with E-state index < -0.39 is 0 Å². The van der Waals surface area contributed by atoms with Gasteiger partial charge in [-0.2, -0.15) is 0 Å². The molecule has 0 spiro atoms. The molecule has 3 heterocycles. The number of nitrogens with one attached hydrogen (secondary N) is 1. The van der Waals surface area contributed by atoms with Gasteiger partial charge in [-0.1, -0.05) is 0 Å². The number of rotatable bonds is 4. The Morgan fingerprint density at radius 3 is 2.28 bits per heavy atom. The van der Waals surface area contributed by atoms with Crippen molar-refractivity contribution in [3.8, 4) is 0 Å². The van der Waals surface area contributed by atoms with Crippen LogP contribution in [0.25, 0.3) is 0 Å². The summed E-state index contributed by atoms with van der Waals surface area (Å²) in [5, 5.41) is 3.01. The molecule has 2 amide bonds. The molecule has 1 N–H and O–H groups in total. The molecule has 4 rings (SSSR count). The monoisotopic (exact) mass is 397 g/mol. The Bertz CT molecular complexity index is 847. The summed E-state index contributed by atoms with van der Waals surface area (Å²) in [5.74, 6) is 0.906. The predicted molar refractivity (Wildman–Crippen MR) is 109 cm³/mol. The smallest absolute Gasteiger partial charge is 0.287 e. The summed E-state index contributed by atoms with van der Waals surface area (Å²) in [6.45, 7) is 6.32. The van der Waals surface area contributed by atoms with E-state index in [4.69, 9.17) is 9.15 Å². The van der Waals surface area contributed by atoms with Crippen LogP contribution in [0.3, 0.4) is 0 Å². The van der Waals surface area contributed by atoms with Crippen LogP contribution in [0, 0.1) is 6.92 Å². The summed E-state index contributed by atoms with van der Waals surface area (Å²) in [4.78, 5) is 29.2. The van der Waals surface area contributed by atoms with Crippen molar-refractivity contribution in [1.82, 2.24) is 10.2 Å². The van der Waals surface area contributed by atoms with E-state index in [2.05, 4.69) is 10.2 Å². The number of piperidine rings is 1. The Labute approximate surface area is 170 Å². The quantitative estimate of drug-likeness (QED) is 0.858. The number of nitrogens with zero attached hydrogens (tertiary/aromatic N) is 2. The Morgan fingerprint density at radius 1 is 0.966 bits per heavy atom. The van der Waals surface area contributed by atoms with Gasteiger partial charge in [0.15, 0.2) is 5.76 Å². The Kier molecular flexibility index (Phi) is 5.85. The number of furan rings is 1. The minimum Gasteiger partial charge on any atom is -0.456 e. The van der Waals surface area contributed by atoms with Crippen LogP contribution in [0.15, 0.2) is 40.8 Å². The van der Waals surface area contributed by atoms with Gasteiger partial charge < -0.3 is 24.3 Å². The van der Waals surface area contributed by atoms with Gasteiger partial charge in [0.05, 0.1) is 13.2 Å². The van der Waals surface area contributed by atoms with Gasteiger partial charge in [0.2, 0.25) is 0 Å². The zero-order valence-corrected chi connectivity index (χ0v) is 16.7. The number of ether oxygens (including phenoxy) is 1. The van der Waals surface area contributed by atoms with Gasteiger partial charge in [0, 0.05) is 43.5 Å². The van der Waals surface area contributed by atoms with Crippen molar-refractivity contribution in [3.63, 3.8) is 0 Å². The average Bonchev–Trinajstić information content (AvgIpc) is 3.21. The fourth-order valence-electron chi connectivity index (χ4n) is 3.86. The molecule has 2 aromatic rings. The van der Waals surface area contributed by atoms with E-state index in [1.807, 2.05) is 36.1 Å².